The number of carbonyl (C=O) groups is 1. The fourth-order valence-electron chi connectivity index (χ4n) is 0.712. The van der Waals surface area contributed by atoms with Gasteiger partial charge in [-0.2, -0.15) is 4.99 Å². The third kappa shape index (κ3) is 3.05. The number of halogens is 2. The third-order valence-corrected chi connectivity index (χ3v) is 2.68. The first-order valence-electron chi connectivity index (χ1n) is 2.74. The summed E-state index contributed by atoms with van der Waals surface area (Å²) in [6.45, 7) is 0.457. The molecule has 0 aromatic rings. The van der Waals surface area contributed by atoms with Crippen molar-refractivity contribution in [2.24, 2.45) is 4.99 Å². The number of amides is 1. The van der Waals surface area contributed by atoms with Gasteiger partial charge in [-0.15, -0.1) is 24.0 Å². The van der Waals surface area contributed by atoms with Crippen LogP contribution in [0.3, 0.4) is 0 Å². The summed E-state index contributed by atoms with van der Waals surface area (Å²) in [7, 11) is 0. The number of alkyl halides is 1. The molecule has 1 rings (SSSR count). The Hall–Kier alpha value is 0.950. The van der Waals surface area contributed by atoms with Gasteiger partial charge in [-0.1, -0.05) is 34.4 Å². The second kappa shape index (κ2) is 5.57. The maximum atomic E-state index is 10.7. The minimum atomic E-state index is -0.0268. The van der Waals surface area contributed by atoms with Gasteiger partial charge in [0.1, 0.15) is 6.54 Å². The van der Waals surface area contributed by atoms with Crippen molar-refractivity contribution in [3.8, 4) is 0 Å². The number of carbonyl (C=O) groups excluding carboxylic acids is 1. The zero-order chi connectivity index (χ0) is 7.56. The highest BCUT2D eigenvalue weighted by Crippen LogP contribution is 2.12. The molecule has 0 atom stereocenters. The molecule has 0 unspecified atom stereocenters. The number of hydrogen-bond acceptors (Lipinski definition) is 3. The largest absolute Gasteiger partial charge is 0.333 e. The van der Waals surface area contributed by atoms with E-state index in [9.17, 15) is 4.79 Å². The number of rotatable bonds is 1. The highest BCUT2D eigenvalue weighted by atomic mass is 127. The first-order valence-corrected chi connectivity index (χ1v) is 5.49. The molecule has 0 aliphatic carbocycles. The summed E-state index contributed by atoms with van der Waals surface area (Å²) in [6.07, 6.45) is 1.93. The lowest BCUT2D eigenvalue weighted by atomic mass is 10.6. The van der Waals surface area contributed by atoms with Gasteiger partial charge in [0.2, 0.25) is 0 Å². The predicted molar refractivity (Wildman–Crippen MR) is 67.0 cm³/mol. The van der Waals surface area contributed by atoms with Crippen LogP contribution in [-0.4, -0.2) is 33.3 Å². The minimum Gasteiger partial charge on any atom is -0.333 e. The number of thioether (sulfide) groups is 1. The molecule has 0 fully saturated rings. The summed E-state index contributed by atoms with van der Waals surface area (Å²) >= 11 is 3.74. The average molecular weight is 398 g/mol. The van der Waals surface area contributed by atoms with E-state index < -0.39 is 0 Å². The fraction of sp³-hybridized carbons (Fsp3) is 0.600. The highest BCUT2D eigenvalue weighted by Gasteiger charge is 2.20. The third-order valence-electron chi connectivity index (χ3n) is 1.14. The standard InChI is InChI=1S/C5H7IN2OS.HI/c1-10-5-7-4(9)2-8(5)3-6;/h2-3H2,1H3;1H. The first-order chi connectivity index (χ1) is 4.77. The molecule has 0 saturated heterocycles. The molecule has 1 heterocycles. The molecule has 3 nitrogen and oxygen atoms in total. The lowest BCUT2D eigenvalue weighted by Crippen LogP contribution is -2.24. The van der Waals surface area contributed by atoms with Gasteiger partial charge in [0.05, 0.1) is 4.55 Å². The van der Waals surface area contributed by atoms with Crippen LogP contribution in [0.2, 0.25) is 0 Å². The maximum Gasteiger partial charge on any atom is 0.267 e. The van der Waals surface area contributed by atoms with Gasteiger partial charge in [-0.05, 0) is 6.26 Å². The van der Waals surface area contributed by atoms with E-state index in [0.29, 0.717) is 6.54 Å². The monoisotopic (exact) mass is 398 g/mol. The van der Waals surface area contributed by atoms with E-state index >= 15 is 0 Å². The van der Waals surface area contributed by atoms with Gasteiger partial charge < -0.3 is 4.90 Å². The Balaban J connectivity index is 0.000001000. The van der Waals surface area contributed by atoms with Crippen LogP contribution < -0.4 is 0 Å². The summed E-state index contributed by atoms with van der Waals surface area (Å²) in [5, 5.41) is 0.847. The second-order valence-corrected chi connectivity index (χ2v) is 3.27. The summed E-state index contributed by atoms with van der Waals surface area (Å²) in [5.41, 5.74) is 0. The van der Waals surface area contributed by atoms with E-state index in [2.05, 4.69) is 27.6 Å². The van der Waals surface area contributed by atoms with E-state index in [0.717, 1.165) is 9.72 Å². The molecule has 0 radical (unpaired) electrons. The van der Waals surface area contributed by atoms with E-state index in [1.54, 1.807) is 0 Å². The van der Waals surface area contributed by atoms with Crippen LogP contribution >= 0.6 is 58.3 Å². The molecular formula is C5H8I2N2OS. The van der Waals surface area contributed by atoms with E-state index in [1.807, 2.05) is 11.2 Å². The van der Waals surface area contributed by atoms with Crippen molar-refractivity contribution < 1.29 is 4.79 Å². The smallest absolute Gasteiger partial charge is 0.267 e. The molecule has 1 aliphatic heterocycles. The van der Waals surface area contributed by atoms with Crippen LogP contribution in [0.5, 0.6) is 0 Å². The fourth-order valence-corrected chi connectivity index (χ4v) is 2.09. The molecule has 6 heteroatoms. The molecule has 0 aromatic carbocycles. The van der Waals surface area contributed by atoms with Crippen LogP contribution in [0.4, 0.5) is 0 Å². The topological polar surface area (TPSA) is 32.7 Å². The first kappa shape index (κ1) is 11.9. The number of nitrogens with zero attached hydrogens (tertiary/aromatic N) is 2. The summed E-state index contributed by atoms with van der Waals surface area (Å²) < 4.78 is 0.836. The van der Waals surface area contributed by atoms with Crippen molar-refractivity contribution in [3.05, 3.63) is 0 Å². The number of aliphatic imine (C=N–C) groups is 1. The van der Waals surface area contributed by atoms with Crippen molar-refractivity contribution in [1.82, 2.24) is 4.90 Å². The van der Waals surface area contributed by atoms with Gasteiger partial charge in [0, 0.05) is 0 Å². The number of amidine groups is 1. The molecular weight excluding hydrogens is 390 g/mol. The Labute approximate surface area is 101 Å². The Morgan fingerprint density at radius 1 is 1.82 bits per heavy atom. The average Bonchev–Trinajstić information content (AvgIpc) is 2.30. The molecule has 0 aromatic heterocycles. The molecule has 11 heavy (non-hydrogen) atoms. The van der Waals surface area contributed by atoms with Crippen LogP contribution in [0.1, 0.15) is 0 Å². The Morgan fingerprint density at radius 3 is 2.82 bits per heavy atom. The summed E-state index contributed by atoms with van der Waals surface area (Å²) in [5.74, 6) is -0.0268. The van der Waals surface area contributed by atoms with Gasteiger partial charge >= 0.3 is 0 Å². The van der Waals surface area contributed by atoms with Crippen LogP contribution in [0, 0.1) is 0 Å². The van der Waals surface area contributed by atoms with Crippen molar-refractivity contribution in [3.63, 3.8) is 0 Å². The Morgan fingerprint density at radius 2 is 2.45 bits per heavy atom. The van der Waals surface area contributed by atoms with Crippen molar-refractivity contribution in [1.29, 1.82) is 0 Å². The summed E-state index contributed by atoms with van der Waals surface area (Å²) in [6, 6.07) is 0. The van der Waals surface area contributed by atoms with Crippen LogP contribution in [0.25, 0.3) is 0 Å². The van der Waals surface area contributed by atoms with Crippen molar-refractivity contribution in [2.75, 3.05) is 17.4 Å². The van der Waals surface area contributed by atoms with Gasteiger partial charge in [0.15, 0.2) is 5.17 Å². The summed E-state index contributed by atoms with van der Waals surface area (Å²) in [4.78, 5) is 16.5. The van der Waals surface area contributed by atoms with Gasteiger partial charge in [-0.3, -0.25) is 4.79 Å². The molecule has 0 bridgehead atoms. The van der Waals surface area contributed by atoms with Crippen molar-refractivity contribution in [2.45, 2.75) is 0 Å². The lowest BCUT2D eigenvalue weighted by molar-refractivity contribution is -0.116. The molecule has 0 saturated carbocycles. The second-order valence-electron chi connectivity index (χ2n) is 1.81. The van der Waals surface area contributed by atoms with Crippen molar-refractivity contribution >= 4 is 69.4 Å². The Kier molecular flexibility index (Phi) is 6.05. The van der Waals surface area contributed by atoms with E-state index in [4.69, 9.17) is 0 Å². The zero-order valence-electron chi connectivity index (χ0n) is 5.91. The maximum absolute atomic E-state index is 10.7. The number of hydrogen-bond donors (Lipinski definition) is 0. The normalized spacial score (nSPS) is 16.4. The molecule has 64 valence electrons. The SMILES string of the molecule is CSC1=NC(=O)CN1CI.I. The van der Waals surface area contributed by atoms with Gasteiger partial charge in [0.25, 0.3) is 5.91 Å². The Bertz CT molecular complexity index is 185. The molecule has 0 spiro atoms. The minimum absolute atomic E-state index is 0. The highest BCUT2D eigenvalue weighted by molar-refractivity contribution is 14.1. The molecule has 0 N–H and O–H groups in total. The zero-order valence-corrected chi connectivity index (χ0v) is 11.2. The van der Waals surface area contributed by atoms with Crippen LogP contribution in [0.15, 0.2) is 4.99 Å². The van der Waals surface area contributed by atoms with Crippen LogP contribution in [-0.2, 0) is 4.79 Å². The quantitative estimate of drug-likeness (QED) is 0.382. The van der Waals surface area contributed by atoms with E-state index in [1.165, 1.54) is 11.8 Å². The van der Waals surface area contributed by atoms with Gasteiger partial charge in [-0.25, -0.2) is 0 Å². The predicted octanol–water partition coefficient (Wildman–Crippen LogP) is 1.56. The van der Waals surface area contributed by atoms with E-state index in [-0.39, 0.29) is 29.9 Å². The molecule has 1 aliphatic rings. The molecule has 1 amide bonds. The lowest BCUT2D eigenvalue weighted by Gasteiger charge is -2.12.